The van der Waals surface area contributed by atoms with Crippen LogP contribution >= 0.6 is 0 Å². The summed E-state index contributed by atoms with van der Waals surface area (Å²) in [7, 11) is 0. The lowest BCUT2D eigenvalue weighted by Crippen LogP contribution is -2.37. The van der Waals surface area contributed by atoms with Crippen LogP contribution in [-0.2, 0) is 12.7 Å². The molecule has 28 heavy (non-hydrogen) atoms. The second-order valence-corrected chi connectivity index (χ2v) is 6.25. The van der Waals surface area contributed by atoms with E-state index in [9.17, 15) is 18.0 Å². The van der Waals surface area contributed by atoms with Gasteiger partial charge in [-0.25, -0.2) is 4.98 Å². The number of nitrogens with zero attached hydrogens (tertiary/aromatic N) is 3. The number of alkyl halides is 3. The summed E-state index contributed by atoms with van der Waals surface area (Å²) in [5, 5.41) is 0.265. The van der Waals surface area contributed by atoms with Crippen molar-refractivity contribution in [3.8, 4) is 5.69 Å². The lowest BCUT2D eigenvalue weighted by Gasteiger charge is -2.17. The van der Waals surface area contributed by atoms with Crippen LogP contribution < -0.4 is 10.1 Å². The molecule has 2 heterocycles. The van der Waals surface area contributed by atoms with Crippen LogP contribution in [0.4, 0.5) is 13.2 Å². The molecular formula is C21H15F3N3O+. The molecule has 140 valence electrons. The maximum absolute atomic E-state index is 13.6. The van der Waals surface area contributed by atoms with Crippen LogP contribution in [0.25, 0.3) is 16.6 Å². The standard InChI is InChI=1S/C21H15F3N3O/c22-21(23,24)16-9-3-5-11-18(16)27-19(14-26-12-6-1-7-13-26)25-17-10-4-2-8-15(17)20(27)28/h1-13H,14H2/q+1. The molecule has 4 aromatic rings. The van der Waals surface area contributed by atoms with Crippen molar-refractivity contribution in [2.75, 3.05) is 0 Å². The zero-order valence-corrected chi connectivity index (χ0v) is 14.6. The Bertz CT molecular complexity index is 1200. The van der Waals surface area contributed by atoms with E-state index in [0.29, 0.717) is 5.52 Å². The van der Waals surface area contributed by atoms with Crippen molar-refractivity contribution in [1.29, 1.82) is 0 Å². The van der Waals surface area contributed by atoms with Gasteiger partial charge in [-0.3, -0.25) is 9.36 Å². The molecule has 0 aliphatic rings. The molecule has 0 saturated heterocycles. The molecule has 0 amide bonds. The van der Waals surface area contributed by atoms with Crippen LogP contribution in [0, 0.1) is 0 Å². The van der Waals surface area contributed by atoms with E-state index in [1.165, 1.54) is 18.2 Å². The molecule has 0 spiro atoms. The summed E-state index contributed by atoms with van der Waals surface area (Å²) < 4.78 is 43.6. The normalized spacial score (nSPS) is 11.7. The van der Waals surface area contributed by atoms with Crippen LogP contribution in [0.1, 0.15) is 11.4 Å². The van der Waals surface area contributed by atoms with E-state index in [1.54, 1.807) is 53.4 Å². The van der Waals surface area contributed by atoms with Gasteiger partial charge in [-0.15, -0.1) is 0 Å². The Balaban J connectivity index is 2.04. The maximum atomic E-state index is 13.6. The Morgan fingerprint density at radius 2 is 1.57 bits per heavy atom. The number of halogens is 3. The van der Waals surface area contributed by atoms with Crippen molar-refractivity contribution in [3.05, 3.63) is 101 Å². The first kappa shape index (κ1) is 17.9. The second kappa shape index (κ2) is 6.92. The minimum Gasteiger partial charge on any atom is -0.268 e. The van der Waals surface area contributed by atoms with E-state index in [0.717, 1.165) is 10.6 Å². The molecule has 0 saturated carbocycles. The number of para-hydroxylation sites is 2. The van der Waals surface area contributed by atoms with Gasteiger partial charge in [0.25, 0.3) is 5.56 Å². The molecule has 0 atom stereocenters. The fourth-order valence-electron chi connectivity index (χ4n) is 3.14. The zero-order chi connectivity index (χ0) is 19.7. The van der Waals surface area contributed by atoms with E-state index in [-0.39, 0.29) is 23.4 Å². The predicted molar refractivity (Wildman–Crippen MR) is 98.1 cm³/mol. The number of pyridine rings is 1. The molecule has 0 fully saturated rings. The first-order valence-electron chi connectivity index (χ1n) is 8.56. The van der Waals surface area contributed by atoms with Gasteiger partial charge in [0.2, 0.25) is 6.54 Å². The minimum atomic E-state index is -4.60. The fraction of sp³-hybridized carbons (Fsp3) is 0.0952. The van der Waals surface area contributed by atoms with E-state index >= 15 is 0 Å². The van der Waals surface area contributed by atoms with Crippen LogP contribution in [0.15, 0.2) is 83.9 Å². The predicted octanol–water partition coefficient (Wildman–Crippen LogP) is 3.74. The quantitative estimate of drug-likeness (QED) is 0.507. The largest absolute Gasteiger partial charge is 0.418 e. The smallest absolute Gasteiger partial charge is 0.268 e. The fourth-order valence-corrected chi connectivity index (χ4v) is 3.14. The third-order valence-electron chi connectivity index (χ3n) is 4.40. The van der Waals surface area contributed by atoms with Gasteiger partial charge in [0.1, 0.15) is 0 Å². The Morgan fingerprint density at radius 3 is 2.32 bits per heavy atom. The van der Waals surface area contributed by atoms with Gasteiger partial charge in [-0.2, -0.15) is 17.7 Å². The molecule has 0 unspecified atom stereocenters. The van der Waals surface area contributed by atoms with E-state index < -0.39 is 17.3 Å². The highest BCUT2D eigenvalue weighted by atomic mass is 19.4. The van der Waals surface area contributed by atoms with E-state index in [2.05, 4.69) is 4.98 Å². The van der Waals surface area contributed by atoms with E-state index in [1.807, 2.05) is 6.07 Å². The first-order valence-corrected chi connectivity index (χ1v) is 8.56. The van der Waals surface area contributed by atoms with Crippen LogP contribution in [-0.4, -0.2) is 9.55 Å². The number of benzene rings is 2. The van der Waals surface area contributed by atoms with Crippen LogP contribution in [0.5, 0.6) is 0 Å². The highest BCUT2D eigenvalue weighted by molar-refractivity contribution is 5.77. The van der Waals surface area contributed by atoms with Gasteiger partial charge in [0, 0.05) is 12.1 Å². The summed E-state index contributed by atoms with van der Waals surface area (Å²) in [5.74, 6) is 0.219. The van der Waals surface area contributed by atoms with Gasteiger partial charge < -0.3 is 0 Å². The highest BCUT2D eigenvalue weighted by Crippen LogP contribution is 2.33. The second-order valence-electron chi connectivity index (χ2n) is 6.25. The summed E-state index contributed by atoms with van der Waals surface area (Å²) >= 11 is 0. The minimum absolute atomic E-state index is 0.146. The van der Waals surface area contributed by atoms with Crippen LogP contribution in [0.3, 0.4) is 0 Å². The summed E-state index contributed by atoms with van der Waals surface area (Å²) in [6.45, 7) is 0.146. The summed E-state index contributed by atoms with van der Waals surface area (Å²) in [5.41, 5.74) is -1.20. The third kappa shape index (κ3) is 3.26. The Kier molecular flexibility index (Phi) is 4.43. The number of hydrogen-bond acceptors (Lipinski definition) is 2. The maximum Gasteiger partial charge on any atom is 0.418 e. The SMILES string of the molecule is O=c1c2ccccc2nc(C[n+]2ccccc2)n1-c1ccccc1C(F)(F)F. The molecule has 0 N–H and O–H groups in total. The molecule has 7 heteroatoms. The van der Waals surface area contributed by atoms with Gasteiger partial charge in [-0.05, 0) is 24.3 Å². The van der Waals surface area contributed by atoms with Crippen LogP contribution in [0.2, 0.25) is 0 Å². The lowest BCUT2D eigenvalue weighted by atomic mass is 10.1. The third-order valence-corrected chi connectivity index (χ3v) is 4.40. The molecule has 0 aliphatic carbocycles. The van der Waals surface area contributed by atoms with Gasteiger partial charge >= 0.3 is 6.18 Å². The van der Waals surface area contributed by atoms with Crippen molar-refractivity contribution in [2.45, 2.75) is 12.7 Å². The summed E-state index contributed by atoms with van der Waals surface area (Å²) in [6.07, 6.45) is -1.07. The van der Waals surface area contributed by atoms with Crippen molar-refractivity contribution in [3.63, 3.8) is 0 Å². The molecule has 0 bridgehead atoms. The summed E-state index contributed by atoms with van der Waals surface area (Å²) in [4.78, 5) is 17.7. The Labute approximate surface area is 158 Å². The molecule has 2 aromatic heterocycles. The lowest BCUT2D eigenvalue weighted by molar-refractivity contribution is -0.689. The highest BCUT2D eigenvalue weighted by Gasteiger charge is 2.34. The van der Waals surface area contributed by atoms with Gasteiger partial charge in [0.05, 0.1) is 22.2 Å². The van der Waals surface area contributed by atoms with E-state index in [4.69, 9.17) is 0 Å². The number of fused-ring (bicyclic) bond motifs is 1. The van der Waals surface area contributed by atoms with Crippen molar-refractivity contribution in [1.82, 2.24) is 9.55 Å². The molecule has 2 aromatic carbocycles. The van der Waals surface area contributed by atoms with Crippen molar-refractivity contribution >= 4 is 10.9 Å². The van der Waals surface area contributed by atoms with Crippen molar-refractivity contribution in [2.24, 2.45) is 0 Å². The van der Waals surface area contributed by atoms with Gasteiger partial charge in [-0.1, -0.05) is 30.3 Å². The zero-order valence-electron chi connectivity index (χ0n) is 14.6. The monoisotopic (exact) mass is 382 g/mol. The summed E-state index contributed by atoms with van der Waals surface area (Å²) in [6, 6.07) is 17.1. The molecule has 0 aliphatic heterocycles. The molecule has 0 radical (unpaired) electrons. The molecule has 4 nitrogen and oxygen atoms in total. The Morgan fingerprint density at radius 1 is 0.893 bits per heavy atom. The van der Waals surface area contributed by atoms with Crippen molar-refractivity contribution < 1.29 is 17.7 Å². The van der Waals surface area contributed by atoms with Gasteiger partial charge in [0.15, 0.2) is 18.2 Å². The number of aromatic nitrogens is 3. The average molecular weight is 382 g/mol. The average Bonchev–Trinajstić information content (AvgIpc) is 2.68. The number of rotatable bonds is 3. The topological polar surface area (TPSA) is 38.8 Å². The first-order chi connectivity index (χ1) is 13.4. The number of hydrogen-bond donors (Lipinski definition) is 0. The molecule has 4 rings (SSSR count). The molecular weight excluding hydrogens is 367 g/mol. The Hall–Kier alpha value is -3.48.